The summed E-state index contributed by atoms with van der Waals surface area (Å²) in [5.41, 5.74) is 22.6. The van der Waals surface area contributed by atoms with Crippen LogP contribution in [0.3, 0.4) is 0 Å². The van der Waals surface area contributed by atoms with Gasteiger partial charge < -0.3 is 13.9 Å². The predicted molar refractivity (Wildman–Crippen MR) is 315 cm³/mol. The second-order valence-corrected chi connectivity index (χ2v) is 19.2. The molecule has 75 heavy (non-hydrogen) atoms. The fourth-order valence-corrected chi connectivity index (χ4v) is 11.4. The standard InChI is InChI=1S/C72H48N2O/c1-2-18-50(19-3-1)58-22-4-6-24-61(58)63-26-8-9-27-64(63)62-25-7-5-23-59(62)51-38-44-55(45-39-51)73(56-46-40-52(41-47-56)60-31-17-35-71-72(60)67-30-12-15-34-70(67)75-71)54-42-36-49(37-43-54)53-20-16-21-57(48-53)74-68-32-13-10-28-65(68)66-29-11-14-33-69(66)74/h1-48H. The molecule has 0 saturated heterocycles. The van der Waals surface area contributed by atoms with E-state index in [1.165, 1.54) is 60.8 Å². The number of hydrogen-bond donors (Lipinski definition) is 0. The van der Waals surface area contributed by atoms with Crippen LogP contribution in [0.25, 0.3) is 116 Å². The SMILES string of the molecule is c1ccc(-c2ccccc2-c2ccccc2-c2ccccc2-c2ccc(N(c3ccc(-c4cccc(-n5c6ccccc6c6ccccc65)c4)cc3)c3ccc(-c4cccc5oc6ccccc6c45)cc3)cc2)cc1. The number of furan rings is 1. The van der Waals surface area contributed by atoms with Crippen LogP contribution in [0, 0.1) is 0 Å². The highest BCUT2D eigenvalue weighted by Crippen LogP contribution is 2.44. The molecule has 0 aliphatic rings. The summed E-state index contributed by atoms with van der Waals surface area (Å²) < 4.78 is 8.69. The highest BCUT2D eigenvalue weighted by Gasteiger charge is 2.19. The molecular formula is C72H48N2O. The summed E-state index contributed by atoms with van der Waals surface area (Å²) in [5.74, 6) is 0. The molecule has 2 heterocycles. The van der Waals surface area contributed by atoms with Crippen LogP contribution in [-0.4, -0.2) is 4.57 Å². The van der Waals surface area contributed by atoms with Crippen LogP contribution in [0.4, 0.5) is 17.1 Å². The zero-order valence-electron chi connectivity index (χ0n) is 41.0. The van der Waals surface area contributed by atoms with E-state index in [9.17, 15) is 0 Å². The number of hydrogen-bond acceptors (Lipinski definition) is 2. The van der Waals surface area contributed by atoms with E-state index < -0.39 is 0 Å². The molecule has 12 aromatic carbocycles. The van der Waals surface area contributed by atoms with Gasteiger partial charge in [-0.25, -0.2) is 0 Å². The molecule has 0 aliphatic heterocycles. The summed E-state index contributed by atoms with van der Waals surface area (Å²) in [4.78, 5) is 2.36. The second-order valence-electron chi connectivity index (χ2n) is 19.2. The molecule has 14 aromatic rings. The Morgan fingerprint density at radius 1 is 0.253 bits per heavy atom. The van der Waals surface area contributed by atoms with Crippen LogP contribution in [0.15, 0.2) is 296 Å². The number of fused-ring (bicyclic) bond motifs is 6. The number of aromatic nitrogens is 1. The van der Waals surface area contributed by atoms with Gasteiger partial charge in [-0.3, -0.25) is 0 Å². The minimum atomic E-state index is 0.891. The van der Waals surface area contributed by atoms with Crippen molar-refractivity contribution in [1.29, 1.82) is 0 Å². The largest absolute Gasteiger partial charge is 0.456 e. The monoisotopic (exact) mass is 956 g/mol. The van der Waals surface area contributed by atoms with Gasteiger partial charge in [-0.1, -0.05) is 218 Å². The lowest BCUT2D eigenvalue weighted by Crippen LogP contribution is -2.09. The number of rotatable bonds is 10. The molecule has 0 radical (unpaired) electrons. The minimum absolute atomic E-state index is 0.891. The number of benzene rings is 12. The van der Waals surface area contributed by atoms with Gasteiger partial charge in [0.1, 0.15) is 11.2 Å². The lowest BCUT2D eigenvalue weighted by molar-refractivity contribution is 0.669. The Bertz CT molecular complexity index is 4340. The number of anilines is 3. The minimum Gasteiger partial charge on any atom is -0.456 e. The second kappa shape index (κ2) is 18.6. The smallest absolute Gasteiger partial charge is 0.136 e. The highest BCUT2D eigenvalue weighted by atomic mass is 16.3. The summed E-state index contributed by atoms with van der Waals surface area (Å²) in [6.45, 7) is 0. The predicted octanol–water partition coefficient (Wildman–Crippen LogP) is 20.2. The first-order valence-electron chi connectivity index (χ1n) is 25.7. The molecule has 0 bridgehead atoms. The van der Waals surface area contributed by atoms with Gasteiger partial charge in [0.2, 0.25) is 0 Å². The van der Waals surface area contributed by atoms with Crippen LogP contribution in [0.2, 0.25) is 0 Å². The molecule has 14 rings (SSSR count). The van der Waals surface area contributed by atoms with Crippen molar-refractivity contribution >= 4 is 60.8 Å². The van der Waals surface area contributed by atoms with Crippen molar-refractivity contribution in [1.82, 2.24) is 4.57 Å². The molecule has 0 atom stereocenters. The Morgan fingerprint density at radius 3 is 1.21 bits per heavy atom. The summed E-state index contributed by atoms with van der Waals surface area (Å²) >= 11 is 0. The van der Waals surface area contributed by atoms with E-state index >= 15 is 0 Å². The Labute approximate surface area is 436 Å². The zero-order valence-corrected chi connectivity index (χ0v) is 41.0. The molecule has 0 unspecified atom stereocenters. The van der Waals surface area contributed by atoms with Gasteiger partial charge in [-0.2, -0.15) is 0 Å². The summed E-state index contributed by atoms with van der Waals surface area (Å²) in [5, 5.41) is 4.77. The van der Waals surface area contributed by atoms with Crippen molar-refractivity contribution in [2.45, 2.75) is 0 Å². The van der Waals surface area contributed by atoms with Gasteiger partial charge in [0.15, 0.2) is 0 Å². The summed E-state index contributed by atoms with van der Waals surface area (Å²) in [6.07, 6.45) is 0. The normalized spacial score (nSPS) is 11.5. The molecule has 0 saturated carbocycles. The van der Waals surface area contributed by atoms with Crippen LogP contribution >= 0.6 is 0 Å². The van der Waals surface area contributed by atoms with E-state index in [1.54, 1.807) is 0 Å². The third-order valence-electron chi connectivity index (χ3n) is 14.9. The molecule has 2 aromatic heterocycles. The molecule has 0 amide bonds. The Kier molecular flexibility index (Phi) is 10.8. The van der Waals surface area contributed by atoms with Gasteiger partial charge in [0.25, 0.3) is 0 Å². The molecular weight excluding hydrogens is 909 g/mol. The quantitative estimate of drug-likeness (QED) is 0.136. The molecule has 3 nitrogen and oxygen atoms in total. The first kappa shape index (κ1) is 43.8. The Morgan fingerprint density at radius 2 is 0.640 bits per heavy atom. The molecule has 0 fully saturated rings. The molecule has 0 aliphatic carbocycles. The fourth-order valence-electron chi connectivity index (χ4n) is 11.4. The van der Waals surface area contributed by atoms with Crippen molar-refractivity contribution < 1.29 is 4.42 Å². The van der Waals surface area contributed by atoms with E-state index in [-0.39, 0.29) is 0 Å². The average molecular weight is 957 g/mol. The first-order valence-corrected chi connectivity index (χ1v) is 25.7. The van der Waals surface area contributed by atoms with Gasteiger partial charge in [0.05, 0.1) is 11.0 Å². The maximum Gasteiger partial charge on any atom is 0.136 e. The van der Waals surface area contributed by atoms with E-state index in [4.69, 9.17) is 4.42 Å². The van der Waals surface area contributed by atoms with Gasteiger partial charge in [0, 0.05) is 44.3 Å². The van der Waals surface area contributed by atoms with Gasteiger partial charge in [-0.05, 0) is 140 Å². The highest BCUT2D eigenvalue weighted by molar-refractivity contribution is 6.13. The average Bonchev–Trinajstić information content (AvgIpc) is 4.06. The van der Waals surface area contributed by atoms with E-state index in [2.05, 4.69) is 289 Å². The third kappa shape index (κ3) is 7.78. The molecule has 0 spiro atoms. The van der Waals surface area contributed by atoms with Crippen molar-refractivity contribution in [3.05, 3.63) is 291 Å². The lowest BCUT2D eigenvalue weighted by Gasteiger charge is -2.26. The van der Waals surface area contributed by atoms with Crippen molar-refractivity contribution in [3.63, 3.8) is 0 Å². The van der Waals surface area contributed by atoms with Crippen LogP contribution in [0.1, 0.15) is 0 Å². The summed E-state index contributed by atoms with van der Waals surface area (Å²) in [7, 11) is 0. The third-order valence-corrected chi connectivity index (χ3v) is 14.9. The van der Waals surface area contributed by atoms with Crippen molar-refractivity contribution in [3.8, 4) is 72.4 Å². The topological polar surface area (TPSA) is 21.3 Å². The number of nitrogens with zero attached hydrogens (tertiary/aromatic N) is 2. The van der Waals surface area contributed by atoms with E-state index in [0.717, 1.165) is 72.5 Å². The molecule has 352 valence electrons. The van der Waals surface area contributed by atoms with Crippen LogP contribution in [-0.2, 0) is 0 Å². The van der Waals surface area contributed by atoms with E-state index in [0.29, 0.717) is 0 Å². The number of para-hydroxylation sites is 3. The lowest BCUT2D eigenvalue weighted by atomic mass is 9.87. The van der Waals surface area contributed by atoms with Gasteiger partial charge in [-0.15, -0.1) is 0 Å². The van der Waals surface area contributed by atoms with Crippen molar-refractivity contribution in [2.75, 3.05) is 4.90 Å². The molecule has 0 N–H and O–H groups in total. The van der Waals surface area contributed by atoms with Gasteiger partial charge >= 0.3 is 0 Å². The summed E-state index contributed by atoms with van der Waals surface area (Å²) in [6, 6.07) is 105. The van der Waals surface area contributed by atoms with Crippen molar-refractivity contribution in [2.24, 2.45) is 0 Å². The van der Waals surface area contributed by atoms with Crippen LogP contribution < -0.4 is 4.90 Å². The Balaban J connectivity index is 0.849. The zero-order chi connectivity index (χ0) is 49.7. The van der Waals surface area contributed by atoms with E-state index in [1.807, 2.05) is 12.1 Å². The maximum absolute atomic E-state index is 6.30. The fraction of sp³-hybridized carbons (Fsp3) is 0. The van der Waals surface area contributed by atoms with Crippen LogP contribution in [0.5, 0.6) is 0 Å². The Hall–Kier alpha value is -9.96. The molecule has 3 heteroatoms. The first-order chi connectivity index (χ1) is 37.2. The maximum atomic E-state index is 6.30.